The summed E-state index contributed by atoms with van der Waals surface area (Å²) in [7, 11) is 1.53. The number of ether oxygens (including phenoxy) is 1. The van der Waals surface area contributed by atoms with Gasteiger partial charge >= 0.3 is 0 Å². The Hall–Kier alpha value is -2.66. The van der Waals surface area contributed by atoms with Crippen LogP contribution >= 0.6 is 0 Å². The Labute approximate surface area is 155 Å². The van der Waals surface area contributed by atoms with Crippen molar-refractivity contribution < 1.29 is 14.3 Å². The van der Waals surface area contributed by atoms with Crippen molar-refractivity contribution >= 4 is 11.8 Å². The molecule has 0 fully saturated rings. The first-order valence-corrected chi connectivity index (χ1v) is 8.69. The van der Waals surface area contributed by atoms with Crippen LogP contribution in [-0.2, 0) is 20.9 Å². The second kappa shape index (κ2) is 9.73. The maximum atomic E-state index is 12.8. The molecule has 0 aliphatic rings. The van der Waals surface area contributed by atoms with Crippen LogP contribution in [0.4, 0.5) is 0 Å². The average molecular weight is 354 g/mol. The number of carbonyl (C=O) groups excluding carboxylic acids is 2. The number of rotatable bonds is 8. The molecule has 0 aromatic heterocycles. The molecular formula is C21H26N2O3. The number of carbonyl (C=O) groups is 2. The molecule has 2 aromatic carbocycles. The zero-order chi connectivity index (χ0) is 18.9. The van der Waals surface area contributed by atoms with E-state index in [-0.39, 0.29) is 24.5 Å². The van der Waals surface area contributed by atoms with Crippen LogP contribution in [0, 0.1) is 0 Å². The average Bonchev–Trinajstić information content (AvgIpc) is 2.67. The lowest BCUT2D eigenvalue weighted by molar-refractivity contribution is -0.143. The van der Waals surface area contributed by atoms with Crippen LogP contribution < -0.4 is 5.32 Å². The number of methoxy groups -OCH3 is 1. The summed E-state index contributed by atoms with van der Waals surface area (Å²) in [6.07, 6.45) is 0. The lowest BCUT2D eigenvalue weighted by Gasteiger charge is -2.35. The van der Waals surface area contributed by atoms with E-state index in [4.69, 9.17) is 4.74 Å². The second-order valence-corrected chi connectivity index (χ2v) is 6.19. The first-order valence-electron chi connectivity index (χ1n) is 8.69. The number of hydrogen-bond acceptors (Lipinski definition) is 3. The molecule has 0 heterocycles. The van der Waals surface area contributed by atoms with Gasteiger partial charge in [-0.05, 0) is 18.1 Å². The Bertz CT molecular complexity index is 704. The standard InChI is InChI=1S/C21H26N2O3/c1-16(19-12-8-5-9-13-19)23(17(2)24)20(15-26-3)21(25)22-14-18-10-6-4-7-11-18/h4-13,16,20H,14-15H2,1-3H3,(H,22,25)/t16-,20+/m0/s1. The summed E-state index contributed by atoms with van der Waals surface area (Å²) in [5, 5.41) is 2.91. The fourth-order valence-corrected chi connectivity index (χ4v) is 3.00. The zero-order valence-corrected chi connectivity index (χ0v) is 15.5. The highest BCUT2D eigenvalue weighted by Crippen LogP contribution is 2.23. The predicted molar refractivity (Wildman–Crippen MR) is 101 cm³/mol. The van der Waals surface area contributed by atoms with Gasteiger partial charge in [0.1, 0.15) is 6.04 Å². The summed E-state index contributed by atoms with van der Waals surface area (Å²) < 4.78 is 5.24. The monoisotopic (exact) mass is 354 g/mol. The van der Waals surface area contributed by atoms with Crippen molar-refractivity contribution in [3.8, 4) is 0 Å². The first kappa shape index (κ1) is 19.7. The minimum absolute atomic E-state index is 0.136. The lowest BCUT2D eigenvalue weighted by atomic mass is 10.0. The summed E-state index contributed by atoms with van der Waals surface area (Å²) in [6, 6.07) is 18.4. The Balaban J connectivity index is 2.17. The molecule has 0 unspecified atom stereocenters. The summed E-state index contributed by atoms with van der Waals surface area (Å²) in [5.74, 6) is -0.396. The molecule has 2 amide bonds. The quantitative estimate of drug-likeness (QED) is 0.793. The van der Waals surface area contributed by atoms with E-state index in [1.54, 1.807) is 4.90 Å². The summed E-state index contributed by atoms with van der Waals surface area (Å²) >= 11 is 0. The van der Waals surface area contributed by atoms with Gasteiger partial charge in [0.2, 0.25) is 11.8 Å². The number of benzene rings is 2. The summed E-state index contributed by atoms with van der Waals surface area (Å²) in [4.78, 5) is 26.7. The van der Waals surface area contributed by atoms with Crippen LogP contribution in [0.2, 0.25) is 0 Å². The van der Waals surface area contributed by atoms with Gasteiger partial charge in [-0.1, -0.05) is 60.7 Å². The third-order valence-corrected chi connectivity index (χ3v) is 4.34. The Morgan fingerprint density at radius 1 is 1.04 bits per heavy atom. The van der Waals surface area contributed by atoms with E-state index < -0.39 is 6.04 Å². The highest BCUT2D eigenvalue weighted by atomic mass is 16.5. The molecule has 2 atom stereocenters. The highest BCUT2D eigenvalue weighted by Gasteiger charge is 2.32. The molecule has 138 valence electrons. The van der Waals surface area contributed by atoms with Gasteiger partial charge in [-0.25, -0.2) is 0 Å². The lowest BCUT2D eigenvalue weighted by Crippen LogP contribution is -2.52. The topological polar surface area (TPSA) is 58.6 Å². The van der Waals surface area contributed by atoms with E-state index in [0.29, 0.717) is 6.54 Å². The largest absolute Gasteiger partial charge is 0.382 e. The molecule has 2 aromatic rings. The molecule has 5 nitrogen and oxygen atoms in total. The summed E-state index contributed by atoms with van der Waals surface area (Å²) in [5.41, 5.74) is 1.97. The van der Waals surface area contributed by atoms with E-state index >= 15 is 0 Å². The van der Waals surface area contributed by atoms with Gasteiger partial charge < -0.3 is 15.0 Å². The highest BCUT2D eigenvalue weighted by molar-refractivity contribution is 5.87. The molecular weight excluding hydrogens is 328 g/mol. The fourth-order valence-electron chi connectivity index (χ4n) is 3.00. The van der Waals surface area contributed by atoms with Gasteiger partial charge in [-0.15, -0.1) is 0 Å². The number of amides is 2. The van der Waals surface area contributed by atoms with Crippen molar-refractivity contribution in [3.05, 3.63) is 71.8 Å². The number of nitrogens with zero attached hydrogens (tertiary/aromatic N) is 1. The molecule has 0 saturated heterocycles. The van der Waals surface area contributed by atoms with Crippen LogP contribution in [0.25, 0.3) is 0 Å². The van der Waals surface area contributed by atoms with Crippen molar-refractivity contribution in [1.82, 2.24) is 10.2 Å². The molecule has 0 aliphatic heterocycles. The number of nitrogens with one attached hydrogen (secondary N) is 1. The molecule has 2 rings (SSSR count). The predicted octanol–water partition coefficient (Wildman–Crippen LogP) is 2.93. The zero-order valence-electron chi connectivity index (χ0n) is 15.5. The number of hydrogen-bond donors (Lipinski definition) is 1. The van der Waals surface area contributed by atoms with Gasteiger partial charge in [-0.3, -0.25) is 9.59 Å². The Kier molecular flexibility index (Phi) is 7.36. The van der Waals surface area contributed by atoms with Crippen molar-refractivity contribution in [2.75, 3.05) is 13.7 Å². The van der Waals surface area contributed by atoms with Crippen molar-refractivity contribution in [2.45, 2.75) is 32.5 Å². The van der Waals surface area contributed by atoms with E-state index in [9.17, 15) is 9.59 Å². The smallest absolute Gasteiger partial charge is 0.245 e. The van der Waals surface area contributed by atoms with Gasteiger partial charge in [0.15, 0.2) is 0 Å². The maximum absolute atomic E-state index is 12.8. The molecule has 0 aliphatic carbocycles. The third-order valence-electron chi connectivity index (χ3n) is 4.34. The Morgan fingerprint density at radius 2 is 1.62 bits per heavy atom. The maximum Gasteiger partial charge on any atom is 0.245 e. The molecule has 26 heavy (non-hydrogen) atoms. The molecule has 0 spiro atoms. The van der Waals surface area contributed by atoms with E-state index in [1.165, 1.54) is 14.0 Å². The first-order chi connectivity index (χ1) is 12.5. The molecule has 0 bridgehead atoms. The van der Waals surface area contributed by atoms with Crippen molar-refractivity contribution in [2.24, 2.45) is 0 Å². The van der Waals surface area contributed by atoms with Crippen LogP contribution in [0.5, 0.6) is 0 Å². The summed E-state index contributed by atoms with van der Waals surface area (Å²) in [6.45, 7) is 3.94. The SMILES string of the molecule is COC[C@H](C(=O)NCc1ccccc1)N(C(C)=O)[C@@H](C)c1ccccc1. The fraction of sp³-hybridized carbons (Fsp3) is 0.333. The Morgan fingerprint density at radius 3 is 2.15 bits per heavy atom. The van der Waals surface area contributed by atoms with Crippen LogP contribution in [-0.4, -0.2) is 36.5 Å². The minimum Gasteiger partial charge on any atom is -0.382 e. The van der Waals surface area contributed by atoms with E-state index in [1.807, 2.05) is 67.6 Å². The third kappa shape index (κ3) is 5.17. The van der Waals surface area contributed by atoms with Crippen LogP contribution in [0.3, 0.4) is 0 Å². The van der Waals surface area contributed by atoms with E-state index in [0.717, 1.165) is 11.1 Å². The van der Waals surface area contributed by atoms with Crippen LogP contribution in [0.15, 0.2) is 60.7 Å². The van der Waals surface area contributed by atoms with Gasteiger partial charge in [0.05, 0.1) is 12.6 Å². The van der Waals surface area contributed by atoms with Crippen LogP contribution in [0.1, 0.15) is 31.0 Å². The molecule has 1 N–H and O–H groups in total. The molecule has 0 radical (unpaired) electrons. The van der Waals surface area contributed by atoms with Gasteiger partial charge in [-0.2, -0.15) is 0 Å². The van der Waals surface area contributed by atoms with Crippen molar-refractivity contribution in [1.29, 1.82) is 0 Å². The minimum atomic E-state index is -0.698. The molecule has 5 heteroatoms. The van der Waals surface area contributed by atoms with Gasteiger partial charge in [0.25, 0.3) is 0 Å². The second-order valence-electron chi connectivity index (χ2n) is 6.19. The van der Waals surface area contributed by atoms with Crippen molar-refractivity contribution in [3.63, 3.8) is 0 Å². The molecule has 0 saturated carbocycles. The van der Waals surface area contributed by atoms with Gasteiger partial charge in [0, 0.05) is 20.6 Å². The normalized spacial score (nSPS) is 12.9. The van der Waals surface area contributed by atoms with E-state index in [2.05, 4.69) is 5.32 Å².